The molecule has 1 amide bonds. The summed E-state index contributed by atoms with van der Waals surface area (Å²) in [6.07, 6.45) is 2.11. The highest BCUT2D eigenvalue weighted by Gasteiger charge is 2.18. The number of ether oxygens (including phenoxy) is 1. The van der Waals surface area contributed by atoms with E-state index in [1.165, 1.54) is 4.88 Å². The lowest BCUT2D eigenvalue weighted by molar-refractivity contribution is -0.118. The number of thiazole rings is 1. The lowest BCUT2D eigenvalue weighted by Gasteiger charge is -2.18. The Labute approximate surface area is 121 Å². The number of carbonyl (C=O) groups excluding carboxylic acids is 1. The molecule has 20 heavy (non-hydrogen) atoms. The Hall–Kier alpha value is -1.88. The van der Waals surface area contributed by atoms with Gasteiger partial charge in [0.05, 0.1) is 16.4 Å². The minimum absolute atomic E-state index is 0.0860. The van der Waals surface area contributed by atoms with Crippen molar-refractivity contribution in [3.8, 4) is 17.0 Å². The van der Waals surface area contributed by atoms with Gasteiger partial charge in [-0.05, 0) is 38.0 Å². The Bertz CT molecular complexity index is 664. The van der Waals surface area contributed by atoms with E-state index in [1.54, 1.807) is 11.3 Å². The van der Waals surface area contributed by atoms with Crippen LogP contribution in [0.4, 0.5) is 5.69 Å². The van der Waals surface area contributed by atoms with Gasteiger partial charge < -0.3 is 10.1 Å². The van der Waals surface area contributed by atoms with Crippen molar-refractivity contribution < 1.29 is 9.53 Å². The Morgan fingerprint density at radius 1 is 1.45 bits per heavy atom. The smallest absolute Gasteiger partial charge is 0.262 e. The Morgan fingerprint density at radius 3 is 3.10 bits per heavy atom. The number of nitrogens with zero attached hydrogens (tertiary/aromatic N) is 1. The fourth-order valence-electron chi connectivity index (χ4n) is 2.27. The van der Waals surface area contributed by atoms with Crippen LogP contribution in [-0.4, -0.2) is 17.5 Å². The van der Waals surface area contributed by atoms with Crippen LogP contribution in [0.25, 0.3) is 11.3 Å². The topological polar surface area (TPSA) is 51.2 Å². The second kappa shape index (κ2) is 5.25. The molecule has 1 N–H and O–H groups in total. The maximum absolute atomic E-state index is 11.4. The monoisotopic (exact) mass is 288 g/mol. The number of carbonyl (C=O) groups is 1. The van der Waals surface area contributed by atoms with E-state index in [0.717, 1.165) is 40.5 Å². The largest absolute Gasteiger partial charge is 0.482 e. The number of fused-ring (bicyclic) bond motifs is 1. The van der Waals surface area contributed by atoms with Gasteiger partial charge in [-0.1, -0.05) is 6.92 Å². The number of benzene rings is 1. The molecule has 4 nitrogen and oxygen atoms in total. The summed E-state index contributed by atoms with van der Waals surface area (Å²) in [7, 11) is 0. The van der Waals surface area contributed by atoms with Gasteiger partial charge in [-0.3, -0.25) is 4.79 Å². The van der Waals surface area contributed by atoms with Crippen LogP contribution in [0.2, 0.25) is 0 Å². The lowest BCUT2D eigenvalue weighted by atomic mass is 10.1. The zero-order valence-electron chi connectivity index (χ0n) is 11.5. The van der Waals surface area contributed by atoms with E-state index >= 15 is 0 Å². The third kappa shape index (κ3) is 2.41. The van der Waals surface area contributed by atoms with E-state index < -0.39 is 0 Å². The van der Waals surface area contributed by atoms with Gasteiger partial charge in [-0.15, -0.1) is 11.3 Å². The number of hydrogen-bond acceptors (Lipinski definition) is 4. The summed E-state index contributed by atoms with van der Waals surface area (Å²) in [6, 6.07) is 5.82. The van der Waals surface area contributed by atoms with Crippen molar-refractivity contribution in [2.24, 2.45) is 0 Å². The molecule has 0 unspecified atom stereocenters. The summed E-state index contributed by atoms with van der Waals surface area (Å²) in [5.41, 5.74) is 2.75. The molecule has 0 saturated heterocycles. The van der Waals surface area contributed by atoms with Crippen molar-refractivity contribution in [1.82, 2.24) is 4.98 Å². The summed E-state index contributed by atoms with van der Waals surface area (Å²) < 4.78 is 5.37. The molecule has 0 spiro atoms. The van der Waals surface area contributed by atoms with E-state index in [0.29, 0.717) is 0 Å². The predicted octanol–water partition coefficient (Wildman–Crippen LogP) is 3.40. The Morgan fingerprint density at radius 2 is 2.30 bits per heavy atom. The molecule has 5 heteroatoms. The molecule has 1 aliphatic heterocycles. The number of amides is 1. The molecule has 0 aliphatic carbocycles. The van der Waals surface area contributed by atoms with Crippen LogP contribution in [-0.2, 0) is 11.2 Å². The Kier molecular flexibility index (Phi) is 3.44. The number of hydrogen-bond donors (Lipinski definition) is 1. The minimum Gasteiger partial charge on any atom is -0.482 e. The van der Waals surface area contributed by atoms with Crippen LogP contribution in [0.3, 0.4) is 0 Å². The highest BCUT2D eigenvalue weighted by atomic mass is 32.1. The summed E-state index contributed by atoms with van der Waals surface area (Å²) in [6.45, 7) is 4.32. The molecule has 2 aromatic rings. The normalized spacial score (nSPS) is 13.6. The third-order valence-corrected chi connectivity index (χ3v) is 4.22. The maximum atomic E-state index is 11.4. The van der Waals surface area contributed by atoms with E-state index in [4.69, 9.17) is 9.72 Å². The van der Waals surface area contributed by atoms with Crippen LogP contribution in [0.1, 0.15) is 23.2 Å². The molecule has 0 atom stereocenters. The zero-order chi connectivity index (χ0) is 14.1. The molecule has 2 heterocycles. The molecule has 1 aliphatic rings. The first-order chi connectivity index (χ1) is 9.67. The van der Waals surface area contributed by atoms with E-state index in [2.05, 4.69) is 19.2 Å². The van der Waals surface area contributed by atoms with Crippen LogP contribution in [0, 0.1) is 6.92 Å². The van der Waals surface area contributed by atoms with Gasteiger partial charge in [0.2, 0.25) is 0 Å². The second-order valence-corrected chi connectivity index (χ2v) is 6.10. The third-order valence-electron chi connectivity index (χ3n) is 3.19. The first kappa shape index (κ1) is 13.1. The minimum atomic E-state index is -0.115. The number of aromatic nitrogens is 1. The zero-order valence-corrected chi connectivity index (χ0v) is 12.3. The summed E-state index contributed by atoms with van der Waals surface area (Å²) in [5.74, 6) is 0.603. The van der Waals surface area contributed by atoms with Gasteiger partial charge in [0.25, 0.3) is 5.91 Å². The quantitative estimate of drug-likeness (QED) is 0.941. The number of nitrogens with one attached hydrogen (secondary N) is 1. The summed E-state index contributed by atoms with van der Waals surface area (Å²) in [4.78, 5) is 17.3. The molecule has 0 fully saturated rings. The second-order valence-electron chi connectivity index (χ2n) is 4.81. The van der Waals surface area contributed by atoms with Crippen LogP contribution in [0.5, 0.6) is 5.75 Å². The highest BCUT2D eigenvalue weighted by molar-refractivity contribution is 7.12. The summed E-state index contributed by atoms with van der Waals surface area (Å²) >= 11 is 1.74. The average Bonchev–Trinajstić information content (AvgIpc) is 2.79. The van der Waals surface area contributed by atoms with Gasteiger partial charge in [0.15, 0.2) is 6.61 Å². The summed E-state index contributed by atoms with van der Waals surface area (Å²) in [5, 5.41) is 4.00. The van der Waals surface area contributed by atoms with Gasteiger partial charge in [0, 0.05) is 10.4 Å². The van der Waals surface area contributed by atoms with Crippen molar-refractivity contribution >= 4 is 22.9 Å². The van der Waals surface area contributed by atoms with Crippen LogP contribution in [0.15, 0.2) is 18.2 Å². The molecule has 3 rings (SSSR count). The number of aryl methyl sites for hydroxylation is 2. The molecular weight excluding hydrogens is 272 g/mol. The van der Waals surface area contributed by atoms with E-state index in [-0.39, 0.29) is 12.5 Å². The van der Waals surface area contributed by atoms with Gasteiger partial charge in [-0.25, -0.2) is 4.98 Å². The van der Waals surface area contributed by atoms with Crippen LogP contribution < -0.4 is 10.1 Å². The van der Waals surface area contributed by atoms with Crippen molar-refractivity contribution in [2.75, 3.05) is 11.9 Å². The van der Waals surface area contributed by atoms with Gasteiger partial charge in [-0.2, -0.15) is 0 Å². The predicted molar refractivity (Wildman–Crippen MR) is 80.4 cm³/mol. The molecule has 1 aromatic carbocycles. The van der Waals surface area contributed by atoms with Crippen molar-refractivity contribution in [3.63, 3.8) is 0 Å². The number of anilines is 1. The Balaban J connectivity index is 1.98. The molecule has 104 valence electrons. The van der Waals surface area contributed by atoms with Crippen molar-refractivity contribution in [2.45, 2.75) is 26.7 Å². The molecule has 1 aromatic heterocycles. The fraction of sp³-hybridized carbons (Fsp3) is 0.333. The fourth-order valence-corrected chi connectivity index (χ4v) is 3.33. The molecule has 0 bridgehead atoms. The van der Waals surface area contributed by atoms with E-state index in [1.807, 2.05) is 18.2 Å². The molecule has 0 radical (unpaired) electrons. The highest BCUT2D eigenvalue weighted by Crippen LogP contribution is 2.35. The average molecular weight is 288 g/mol. The first-order valence-corrected chi connectivity index (χ1v) is 7.52. The maximum Gasteiger partial charge on any atom is 0.262 e. The lowest BCUT2D eigenvalue weighted by Crippen LogP contribution is -2.25. The first-order valence-electron chi connectivity index (χ1n) is 6.70. The number of rotatable bonds is 3. The van der Waals surface area contributed by atoms with Gasteiger partial charge in [0.1, 0.15) is 5.75 Å². The van der Waals surface area contributed by atoms with Gasteiger partial charge >= 0.3 is 0 Å². The van der Waals surface area contributed by atoms with Crippen LogP contribution >= 0.6 is 11.3 Å². The SMILES string of the molecule is CCCc1nc(-c2ccc3c(c2)NC(=O)CO3)c(C)s1. The molecular formula is C15H16N2O2S. The standard InChI is InChI=1S/C15H16N2O2S/c1-3-4-14-17-15(9(2)20-14)10-5-6-12-11(7-10)16-13(18)8-19-12/h5-7H,3-4,8H2,1-2H3,(H,16,18). The van der Waals surface area contributed by atoms with Crippen molar-refractivity contribution in [1.29, 1.82) is 0 Å². The van der Waals surface area contributed by atoms with E-state index in [9.17, 15) is 4.79 Å². The molecule has 0 saturated carbocycles. The van der Waals surface area contributed by atoms with Crippen molar-refractivity contribution in [3.05, 3.63) is 28.1 Å².